The number of rotatable bonds is 6. The number of thioether (sulfide) groups is 1. The predicted octanol–water partition coefficient (Wildman–Crippen LogP) is 3.07. The fourth-order valence-electron chi connectivity index (χ4n) is 1.95. The largest absolute Gasteiger partial charge is 0.384 e. The summed E-state index contributed by atoms with van der Waals surface area (Å²) in [6.07, 6.45) is 1.98. The summed E-state index contributed by atoms with van der Waals surface area (Å²) < 4.78 is 5.04. The van der Waals surface area contributed by atoms with Gasteiger partial charge in [0.1, 0.15) is 0 Å². The van der Waals surface area contributed by atoms with Gasteiger partial charge in [0.25, 0.3) is 5.91 Å². The lowest BCUT2D eigenvalue weighted by Crippen LogP contribution is -2.26. The summed E-state index contributed by atoms with van der Waals surface area (Å²) in [7, 11) is 1.68. The maximum absolute atomic E-state index is 12.0. The number of hydrogen-bond acceptors (Lipinski definition) is 4. The van der Waals surface area contributed by atoms with Crippen molar-refractivity contribution < 1.29 is 9.53 Å². The zero-order valence-electron chi connectivity index (χ0n) is 10.9. The molecule has 0 saturated heterocycles. The molecule has 0 aromatic carbocycles. The van der Waals surface area contributed by atoms with Crippen molar-refractivity contribution in [1.29, 1.82) is 0 Å². The minimum Gasteiger partial charge on any atom is -0.384 e. The number of halogens is 1. The van der Waals surface area contributed by atoms with Crippen LogP contribution in [-0.2, 0) is 16.9 Å². The third kappa shape index (κ3) is 4.48. The molecular formula is C13H18BrNO2S2. The molecule has 1 atom stereocenters. The molecule has 2 rings (SSSR count). The van der Waals surface area contributed by atoms with Gasteiger partial charge in [-0.1, -0.05) is 15.9 Å². The quantitative estimate of drug-likeness (QED) is 0.789. The van der Waals surface area contributed by atoms with Gasteiger partial charge in [-0.3, -0.25) is 4.79 Å². The number of ether oxygens (including phenoxy) is 1. The summed E-state index contributed by atoms with van der Waals surface area (Å²) in [6, 6.07) is 2.06. The van der Waals surface area contributed by atoms with Crippen molar-refractivity contribution in [2.75, 3.05) is 26.0 Å². The molecule has 1 aliphatic rings. The Labute approximate surface area is 130 Å². The van der Waals surface area contributed by atoms with Crippen molar-refractivity contribution in [3.05, 3.63) is 21.4 Å². The van der Waals surface area contributed by atoms with Crippen LogP contribution in [0.5, 0.6) is 0 Å². The fraction of sp³-hybridized carbons (Fsp3) is 0.615. The van der Waals surface area contributed by atoms with Crippen LogP contribution in [0.2, 0.25) is 0 Å². The lowest BCUT2D eigenvalue weighted by Gasteiger charge is -2.08. The first-order valence-electron chi connectivity index (χ1n) is 6.31. The van der Waals surface area contributed by atoms with Crippen molar-refractivity contribution in [1.82, 2.24) is 5.32 Å². The Balaban J connectivity index is 1.81. The Morgan fingerprint density at radius 2 is 2.47 bits per heavy atom. The van der Waals surface area contributed by atoms with Crippen LogP contribution in [0.25, 0.3) is 0 Å². The Kier molecular flexibility index (Phi) is 6.19. The first-order chi connectivity index (χ1) is 9.20. The summed E-state index contributed by atoms with van der Waals surface area (Å²) in [6.45, 7) is 1.34. The molecule has 0 radical (unpaired) electrons. The highest BCUT2D eigenvalue weighted by Gasteiger charge is 2.17. The molecule has 19 heavy (non-hydrogen) atoms. The lowest BCUT2D eigenvalue weighted by atomic mass is 10.2. The Morgan fingerprint density at radius 3 is 3.21 bits per heavy atom. The van der Waals surface area contributed by atoms with Crippen LogP contribution in [-0.4, -0.2) is 36.7 Å². The smallest absolute Gasteiger partial charge is 0.261 e. The molecule has 6 heteroatoms. The number of amides is 1. The molecule has 0 aliphatic carbocycles. The molecule has 3 nitrogen and oxygen atoms in total. The zero-order chi connectivity index (χ0) is 13.7. The Morgan fingerprint density at radius 1 is 1.63 bits per heavy atom. The third-order valence-corrected chi connectivity index (χ3v) is 5.91. The van der Waals surface area contributed by atoms with E-state index in [0.717, 1.165) is 23.5 Å². The molecule has 1 aliphatic heterocycles. The average Bonchev–Trinajstić information content (AvgIpc) is 2.82. The van der Waals surface area contributed by atoms with E-state index in [4.69, 9.17) is 4.74 Å². The maximum Gasteiger partial charge on any atom is 0.261 e. The van der Waals surface area contributed by atoms with E-state index in [0.29, 0.717) is 18.0 Å². The summed E-state index contributed by atoms with van der Waals surface area (Å²) >= 11 is 7.11. The van der Waals surface area contributed by atoms with Crippen LogP contribution in [0.15, 0.2) is 6.07 Å². The minimum atomic E-state index is 0.0570. The molecule has 1 amide bonds. The van der Waals surface area contributed by atoms with E-state index in [2.05, 4.69) is 27.3 Å². The minimum absolute atomic E-state index is 0.0570. The van der Waals surface area contributed by atoms with Crippen LogP contribution in [0.1, 0.15) is 26.5 Å². The van der Waals surface area contributed by atoms with Crippen LogP contribution >= 0.6 is 39.0 Å². The van der Waals surface area contributed by atoms with E-state index >= 15 is 0 Å². The SMILES string of the molecule is COCC(Br)CCNC(=O)c1cc2c(s1)CCSC2. The Hall–Kier alpha value is -0.0400. The van der Waals surface area contributed by atoms with Gasteiger partial charge >= 0.3 is 0 Å². The van der Waals surface area contributed by atoms with Gasteiger partial charge in [-0.15, -0.1) is 11.3 Å². The molecule has 0 spiro atoms. The molecule has 0 bridgehead atoms. The second kappa shape index (κ2) is 7.67. The van der Waals surface area contributed by atoms with Crippen molar-refractivity contribution in [3.8, 4) is 0 Å². The molecule has 1 aromatic rings. The fourth-order valence-corrected chi connectivity index (χ4v) is 4.73. The highest BCUT2D eigenvalue weighted by molar-refractivity contribution is 9.09. The van der Waals surface area contributed by atoms with Crippen molar-refractivity contribution in [2.24, 2.45) is 0 Å². The summed E-state index contributed by atoms with van der Waals surface area (Å²) in [5.74, 6) is 2.29. The first kappa shape index (κ1) is 15.4. The van der Waals surface area contributed by atoms with Crippen molar-refractivity contribution in [2.45, 2.75) is 23.4 Å². The van der Waals surface area contributed by atoms with Crippen LogP contribution in [0.4, 0.5) is 0 Å². The van der Waals surface area contributed by atoms with Gasteiger partial charge in [0, 0.05) is 29.1 Å². The molecule has 0 saturated carbocycles. The van der Waals surface area contributed by atoms with Gasteiger partial charge in [-0.2, -0.15) is 11.8 Å². The van der Waals surface area contributed by atoms with E-state index in [9.17, 15) is 4.79 Å². The normalized spacial score (nSPS) is 15.9. The topological polar surface area (TPSA) is 38.3 Å². The first-order valence-corrected chi connectivity index (χ1v) is 9.20. The number of carbonyl (C=O) groups is 1. The number of nitrogens with one attached hydrogen (secondary N) is 1. The number of methoxy groups -OCH3 is 1. The van der Waals surface area contributed by atoms with Crippen molar-refractivity contribution >= 4 is 44.9 Å². The number of carbonyl (C=O) groups excluding carboxylic acids is 1. The second-order valence-electron chi connectivity index (χ2n) is 4.46. The highest BCUT2D eigenvalue weighted by atomic mass is 79.9. The van der Waals surface area contributed by atoms with Crippen LogP contribution in [0, 0.1) is 0 Å². The van der Waals surface area contributed by atoms with Gasteiger partial charge in [0.05, 0.1) is 11.5 Å². The van der Waals surface area contributed by atoms with Crippen molar-refractivity contribution in [3.63, 3.8) is 0 Å². The molecule has 0 fully saturated rings. The molecule has 1 aromatic heterocycles. The van der Waals surface area contributed by atoms with Crippen LogP contribution in [0.3, 0.4) is 0 Å². The number of aryl methyl sites for hydroxylation is 1. The summed E-state index contributed by atoms with van der Waals surface area (Å²) in [5, 5.41) is 2.98. The zero-order valence-corrected chi connectivity index (χ0v) is 14.1. The number of alkyl halides is 1. The van der Waals surface area contributed by atoms with E-state index < -0.39 is 0 Å². The summed E-state index contributed by atoms with van der Waals surface area (Å²) in [4.78, 5) is 14.6. The molecule has 1 unspecified atom stereocenters. The van der Waals surface area contributed by atoms with Crippen LogP contribution < -0.4 is 5.32 Å². The predicted molar refractivity (Wildman–Crippen MR) is 85.7 cm³/mol. The third-order valence-electron chi connectivity index (χ3n) is 2.94. The monoisotopic (exact) mass is 363 g/mol. The number of hydrogen-bond donors (Lipinski definition) is 1. The molecule has 1 N–H and O–H groups in total. The second-order valence-corrected chi connectivity index (χ2v) is 8.00. The standard InChI is InChI=1S/C13H18BrNO2S2/c1-17-7-10(14)2-4-15-13(16)12-6-9-8-18-5-3-11(9)19-12/h6,10H,2-5,7-8H2,1H3,(H,15,16). The van der Waals surface area contributed by atoms with E-state index in [1.54, 1.807) is 18.4 Å². The average molecular weight is 364 g/mol. The van der Waals surface area contributed by atoms with Gasteiger partial charge in [0.2, 0.25) is 0 Å². The summed E-state index contributed by atoms with van der Waals surface area (Å²) in [5.41, 5.74) is 1.35. The van der Waals surface area contributed by atoms with Gasteiger partial charge in [0.15, 0.2) is 0 Å². The Bertz CT molecular complexity index is 413. The lowest BCUT2D eigenvalue weighted by molar-refractivity contribution is 0.0956. The highest BCUT2D eigenvalue weighted by Crippen LogP contribution is 2.31. The van der Waals surface area contributed by atoms with E-state index in [-0.39, 0.29) is 5.91 Å². The molecule has 106 valence electrons. The van der Waals surface area contributed by atoms with Gasteiger partial charge in [-0.05, 0) is 30.2 Å². The molecule has 2 heterocycles. The van der Waals surface area contributed by atoms with Gasteiger partial charge < -0.3 is 10.1 Å². The maximum atomic E-state index is 12.0. The van der Waals surface area contributed by atoms with E-state index in [1.807, 2.05) is 11.8 Å². The number of thiophene rings is 1. The van der Waals surface area contributed by atoms with Gasteiger partial charge in [-0.25, -0.2) is 0 Å². The number of fused-ring (bicyclic) bond motifs is 1. The van der Waals surface area contributed by atoms with E-state index in [1.165, 1.54) is 16.2 Å². The molecular weight excluding hydrogens is 346 g/mol.